The van der Waals surface area contributed by atoms with Crippen LogP contribution in [0, 0.1) is 0 Å². The van der Waals surface area contributed by atoms with Crippen molar-refractivity contribution in [3.63, 3.8) is 0 Å². The van der Waals surface area contributed by atoms with E-state index in [1.54, 1.807) is 0 Å². The van der Waals surface area contributed by atoms with E-state index in [2.05, 4.69) is 9.47 Å². The van der Waals surface area contributed by atoms with Gasteiger partial charge in [0.05, 0.1) is 11.8 Å². The van der Waals surface area contributed by atoms with Crippen molar-refractivity contribution in [2.75, 3.05) is 0 Å². The first-order chi connectivity index (χ1) is 11.7. The van der Waals surface area contributed by atoms with E-state index in [4.69, 9.17) is 4.74 Å². The fourth-order valence-electron chi connectivity index (χ4n) is 4.50. The Morgan fingerprint density at radius 2 is 1.11 bits per heavy atom. The number of alkyl halides is 9. The number of rotatable bonds is 0. The average molecular weight is 434 g/mol. The molecule has 4 heterocycles. The van der Waals surface area contributed by atoms with Crippen LogP contribution in [-0.4, -0.2) is 45.9 Å². The quantitative estimate of drug-likeness (QED) is 0.366. The smallest absolute Gasteiger partial charge is 0.331 e. The molecule has 0 aromatic carbocycles. The van der Waals surface area contributed by atoms with Gasteiger partial charge in [-0.2, -0.15) is 39.5 Å². The van der Waals surface area contributed by atoms with Gasteiger partial charge in [0, 0.05) is 6.42 Å². The molecule has 27 heavy (non-hydrogen) atoms. The molecule has 4 aliphatic rings. The summed E-state index contributed by atoms with van der Waals surface area (Å²) in [7, 11) is -2.71. The summed E-state index contributed by atoms with van der Waals surface area (Å²) in [4.78, 5) is 0. The van der Waals surface area contributed by atoms with Crippen LogP contribution in [0.5, 0.6) is 0 Å². The van der Waals surface area contributed by atoms with E-state index in [1.807, 2.05) is 0 Å². The molecule has 0 aliphatic carbocycles. The summed E-state index contributed by atoms with van der Waals surface area (Å²) in [5, 5.41) is -7.40. The van der Waals surface area contributed by atoms with Crippen LogP contribution in [0.4, 0.5) is 39.5 Å². The predicted octanol–water partition coefficient (Wildman–Crippen LogP) is 5.63. The third-order valence-electron chi connectivity index (χ3n) is 4.89. The van der Waals surface area contributed by atoms with Crippen LogP contribution in [0.1, 0.15) is 40.5 Å². The third-order valence-corrected chi connectivity index (χ3v) is 8.66. The SMILES string of the molecule is CC(C)(C)P1C2(C)CC3(C(F)(F)F)OC(C(F)(F)F)(CC1(C(F)(F)F)O3)O2. The maximum atomic E-state index is 14.1. The monoisotopic (exact) mass is 434 g/mol. The normalized spacial score (nSPS) is 45.4. The van der Waals surface area contributed by atoms with Crippen LogP contribution in [0.15, 0.2) is 0 Å². The van der Waals surface area contributed by atoms with Gasteiger partial charge >= 0.3 is 18.5 Å². The molecule has 4 aliphatic heterocycles. The Labute approximate surface area is 149 Å². The molecule has 3 nitrogen and oxygen atoms in total. The molecule has 5 unspecified atom stereocenters. The molecule has 0 N–H and O–H groups in total. The van der Waals surface area contributed by atoms with Crippen LogP contribution in [-0.2, 0) is 14.2 Å². The van der Waals surface area contributed by atoms with Gasteiger partial charge in [-0.15, -0.1) is 0 Å². The van der Waals surface area contributed by atoms with Crippen molar-refractivity contribution in [3.05, 3.63) is 0 Å². The van der Waals surface area contributed by atoms with Crippen LogP contribution in [0.2, 0.25) is 0 Å². The van der Waals surface area contributed by atoms with E-state index in [0.29, 0.717) is 0 Å². The molecular formula is C14H16F9O3P. The second-order valence-electron chi connectivity index (χ2n) is 8.12. The van der Waals surface area contributed by atoms with Crippen molar-refractivity contribution in [2.45, 2.75) is 86.5 Å². The largest absolute Gasteiger partial charge is 0.443 e. The molecule has 4 bridgehead atoms. The lowest BCUT2D eigenvalue weighted by Gasteiger charge is -2.72. The molecule has 0 aromatic rings. The minimum absolute atomic E-state index is 0.857. The minimum atomic E-state index is -5.63. The molecule has 0 amide bonds. The number of ether oxygens (including phenoxy) is 3. The van der Waals surface area contributed by atoms with Crippen LogP contribution in [0.25, 0.3) is 0 Å². The maximum absolute atomic E-state index is 14.1. The summed E-state index contributed by atoms with van der Waals surface area (Å²) in [5.41, 5.74) is 0. The van der Waals surface area contributed by atoms with E-state index in [0.717, 1.165) is 6.92 Å². The number of halogens is 9. The van der Waals surface area contributed by atoms with E-state index >= 15 is 0 Å². The topological polar surface area (TPSA) is 27.7 Å². The highest BCUT2D eigenvalue weighted by molar-refractivity contribution is 7.62. The van der Waals surface area contributed by atoms with Gasteiger partial charge in [-0.1, -0.05) is 20.8 Å². The lowest BCUT2D eigenvalue weighted by atomic mass is 9.94. The molecule has 4 fully saturated rings. The van der Waals surface area contributed by atoms with E-state index in [-0.39, 0.29) is 0 Å². The zero-order valence-corrected chi connectivity index (χ0v) is 15.4. The molecule has 0 radical (unpaired) electrons. The summed E-state index contributed by atoms with van der Waals surface area (Å²) >= 11 is 0. The third kappa shape index (κ3) is 2.58. The Morgan fingerprint density at radius 3 is 1.48 bits per heavy atom. The summed E-state index contributed by atoms with van der Waals surface area (Å²) in [6.07, 6.45) is -20.0. The molecular weight excluding hydrogens is 418 g/mol. The molecule has 5 atom stereocenters. The number of hydrogen-bond acceptors (Lipinski definition) is 3. The lowest BCUT2D eigenvalue weighted by Crippen LogP contribution is -2.83. The molecule has 4 saturated heterocycles. The molecule has 13 heteroatoms. The lowest BCUT2D eigenvalue weighted by molar-refractivity contribution is -0.579. The zero-order valence-electron chi connectivity index (χ0n) is 14.5. The number of hydrogen-bond donors (Lipinski definition) is 0. The Bertz CT molecular complexity index is 618. The van der Waals surface area contributed by atoms with Crippen molar-refractivity contribution in [3.8, 4) is 0 Å². The van der Waals surface area contributed by atoms with Crippen LogP contribution >= 0.6 is 7.92 Å². The van der Waals surface area contributed by atoms with Crippen molar-refractivity contribution in [1.82, 2.24) is 0 Å². The molecule has 0 aromatic heterocycles. The highest BCUT2D eigenvalue weighted by atomic mass is 31.1. The molecule has 158 valence electrons. The highest BCUT2D eigenvalue weighted by Gasteiger charge is 2.90. The second kappa shape index (κ2) is 5.05. The predicted molar refractivity (Wildman–Crippen MR) is 73.9 cm³/mol. The van der Waals surface area contributed by atoms with Gasteiger partial charge in [0.15, 0.2) is 5.34 Å². The first-order valence-electron chi connectivity index (χ1n) is 7.76. The van der Waals surface area contributed by atoms with E-state index < -0.39 is 66.7 Å². The first-order valence-corrected chi connectivity index (χ1v) is 9.10. The van der Waals surface area contributed by atoms with Gasteiger partial charge < -0.3 is 14.2 Å². The molecule has 0 saturated carbocycles. The maximum Gasteiger partial charge on any atom is 0.443 e. The Kier molecular flexibility index (Phi) is 4.00. The first kappa shape index (κ1) is 21.4. The Hall–Kier alpha value is -0.320. The minimum Gasteiger partial charge on any atom is -0.331 e. The van der Waals surface area contributed by atoms with Crippen molar-refractivity contribution >= 4 is 7.92 Å². The van der Waals surface area contributed by atoms with Gasteiger partial charge in [-0.05, 0) is 20.0 Å². The van der Waals surface area contributed by atoms with Crippen molar-refractivity contribution < 1.29 is 53.7 Å². The zero-order chi connectivity index (χ0) is 21.1. The Morgan fingerprint density at radius 1 is 0.667 bits per heavy atom. The highest BCUT2D eigenvalue weighted by Crippen LogP contribution is 2.85. The van der Waals surface area contributed by atoms with Gasteiger partial charge in [-0.25, -0.2) is 0 Å². The van der Waals surface area contributed by atoms with Gasteiger partial charge in [0.25, 0.3) is 11.6 Å². The Balaban J connectivity index is 2.36. The van der Waals surface area contributed by atoms with Gasteiger partial charge in [-0.3, -0.25) is 0 Å². The van der Waals surface area contributed by atoms with Crippen LogP contribution < -0.4 is 0 Å². The standard InChI is InChI=1S/C14H16F9O3P/c1-7(2,3)27-8(4)5-9(12(15,16)17)25-10(24-8,13(18,19)20)6-11(27,26-9)14(21,22)23/h5-6H2,1-4H3. The summed E-state index contributed by atoms with van der Waals surface area (Å²) in [5.74, 6) is -8.12. The fourth-order valence-corrected chi connectivity index (χ4v) is 9.23. The average Bonchev–Trinajstić information content (AvgIpc) is 2.29. The summed E-state index contributed by atoms with van der Waals surface area (Å²) < 4.78 is 138. The molecule has 4 rings (SSSR count). The van der Waals surface area contributed by atoms with Gasteiger partial charge in [0.1, 0.15) is 0 Å². The summed E-state index contributed by atoms with van der Waals surface area (Å²) in [6.45, 7) is 4.80. The summed E-state index contributed by atoms with van der Waals surface area (Å²) in [6, 6.07) is 0. The van der Waals surface area contributed by atoms with E-state index in [1.165, 1.54) is 20.8 Å². The van der Waals surface area contributed by atoms with Crippen molar-refractivity contribution in [1.29, 1.82) is 0 Å². The van der Waals surface area contributed by atoms with Crippen molar-refractivity contribution in [2.24, 2.45) is 0 Å². The molecule has 0 spiro atoms. The van der Waals surface area contributed by atoms with Gasteiger partial charge in [0.2, 0.25) is 0 Å². The van der Waals surface area contributed by atoms with E-state index in [9.17, 15) is 39.5 Å². The second-order valence-corrected chi connectivity index (χ2v) is 11.8. The fraction of sp³-hybridized carbons (Fsp3) is 1.00. The van der Waals surface area contributed by atoms with Crippen LogP contribution in [0.3, 0.4) is 0 Å².